The lowest BCUT2D eigenvalue weighted by Gasteiger charge is -1.93. The van der Waals surface area contributed by atoms with Gasteiger partial charge in [-0.15, -0.1) is 0 Å². The normalized spacial score (nSPS) is 12.5. The molecule has 0 unspecified atom stereocenters. The number of benzene rings is 1. The highest BCUT2D eigenvalue weighted by Gasteiger charge is 2.14. The van der Waals surface area contributed by atoms with Gasteiger partial charge in [-0.1, -0.05) is 28.4 Å². The molecule has 0 saturated heterocycles. The monoisotopic (exact) mass is 243 g/mol. The molecule has 0 bridgehead atoms. The predicted molar refractivity (Wildman–Crippen MR) is 56.2 cm³/mol. The highest BCUT2D eigenvalue weighted by Crippen LogP contribution is 2.22. The summed E-state index contributed by atoms with van der Waals surface area (Å²) in [6.45, 7) is 0. The first-order valence-electron chi connectivity index (χ1n) is 3.86. The summed E-state index contributed by atoms with van der Waals surface area (Å²) in [5, 5.41) is 11.1. The van der Waals surface area contributed by atoms with Gasteiger partial charge in [0.05, 0.1) is 10.4 Å². The van der Waals surface area contributed by atoms with Gasteiger partial charge in [-0.2, -0.15) is 0 Å². The van der Waals surface area contributed by atoms with Gasteiger partial charge in [-0.25, -0.2) is 0 Å². The number of fused-ring (bicyclic) bond motifs is 1. The molecule has 0 aliphatic rings. The van der Waals surface area contributed by atoms with Gasteiger partial charge in [-0.05, 0) is 12.1 Å². The standard InChI is InChI=1S/C9H3Cl2NO3/c10-3-1-4-6(5(11)2-3)9(14)7(12-15)8(4)13/h1-2,15H/b12-7+. The van der Waals surface area contributed by atoms with Crippen LogP contribution in [0.4, 0.5) is 0 Å². The van der Waals surface area contributed by atoms with E-state index in [1.165, 1.54) is 12.1 Å². The van der Waals surface area contributed by atoms with E-state index < -0.39 is 16.2 Å². The molecule has 0 aromatic heterocycles. The van der Waals surface area contributed by atoms with Crippen LogP contribution >= 0.6 is 23.2 Å². The van der Waals surface area contributed by atoms with Crippen LogP contribution in [0, 0.1) is 0 Å². The lowest BCUT2D eigenvalue weighted by molar-refractivity contribution is 0.301. The molecule has 2 aromatic carbocycles. The SMILES string of the molecule is O=c1/c(=N\O)c(=O)c2c(Cl)cc(Cl)cc12. The zero-order chi connectivity index (χ0) is 11.2. The Kier molecular flexibility index (Phi) is 2.25. The quantitative estimate of drug-likeness (QED) is 0.556. The van der Waals surface area contributed by atoms with Crippen molar-refractivity contribution in [2.24, 2.45) is 5.16 Å². The molecular formula is C9H3Cl2NO3. The van der Waals surface area contributed by atoms with Crippen LogP contribution in [0.1, 0.15) is 0 Å². The molecule has 0 atom stereocenters. The van der Waals surface area contributed by atoms with E-state index in [-0.39, 0.29) is 20.8 Å². The first-order chi connectivity index (χ1) is 7.06. The first kappa shape index (κ1) is 10.1. The number of hydrogen-bond donors (Lipinski definition) is 1. The fraction of sp³-hybridized carbons (Fsp3) is 0. The number of nitrogens with zero attached hydrogens (tertiary/aromatic N) is 1. The molecule has 0 saturated carbocycles. The molecule has 0 amide bonds. The number of rotatable bonds is 0. The summed E-state index contributed by atoms with van der Waals surface area (Å²) in [4.78, 5) is 23.0. The van der Waals surface area contributed by atoms with E-state index in [0.717, 1.165) is 0 Å². The summed E-state index contributed by atoms with van der Waals surface area (Å²) >= 11 is 11.4. The van der Waals surface area contributed by atoms with E-state index in [4.69, 9.17) is 28.4 Å². The number of halogens is 2. The van der Waals surface area contributed by atoms with Crippen LogP contribution in [0.15, 0.2) is 26.9 Å². The van der Waals surface area contributed by atoms with Crippen LogP contribution in [0.25, 0.3) is 10.8 Å². The van der Waals surface area contributed by atoms with Gasteiger partial charge < -0.3 is 5.21 Å². The Bertz CT molecular complexity index is 699. The second-order valence-corrected chi connectivity index (χ2v) is 3.76. The Morgan fingerprint density at radius 1 is 1.13 bits per heavy atom. The van der Waals surface area contributed by atoms with E-state index in [0.29, 0.717) is 0 Å². The van der Waals surface area contributed by atoms with Crippen molar-refractivity contribution in [2.75, 3.05) is 0 Å². The van der Waals surface area contributed by atoms with Gasteiger partial charge in [0.25, 0.3) is 0 Å². The molecule has 0 heterocycles. The van der Waals surface area contributed by atoms with Gasteiger partial charge >= 0.3 is 0 Å². The van der Waals surface area contributed by atoms with Gasteiger partial charge in [-0.3, -0.25) is 9.59 Å². The molecule has 2 aromatic rings. The highest BCUT2D eigenvalue weighted by atomic mass is 35.5. The minimum absolute atomic E-state index is 0.0406. The van der Waals surface area contributed by atoms with Crippen LogP contribution in [-0.4, -0.2) is 5.21 Å². The van der Waals surface area contributed by atoms with Crippen molar-refractivity contribution in [3.05, 3.63) is 48.0 Å². The highest BCUT2D eigenvalue weighted by molar-refractivity contribution is 6.38. The van der Waals surface area contributed by atoms with Gasteiger partial charge in [0.1, 0.15) is 0 Å². The lowest BCUT2D eigenvalue weighted by Crippen LogP contribution is -2.31. The summed E-state index contributed by atoms with van der Waals surface area (Å²) < 4.78 is 0. The van der Waals surface area contributed by atoms with Gasteiger partial charge in [0, 0.05) is 10.4 Å². The predicted octanol–water partition coefficient (Wildman–Crippen LogP) is 1.03. The minimum Gasteiger partial charge on any atom is -0.410 e. The molecule has 76 valence electrons. The average Bonchev–Trinajstić information content (AvgIpc) is 2.39. The Hall–Kier alpha value is -1.39. The largest absolute Gasteiger partial charge is 0.410 e. The van der Waals surface area contributed by atoms with Crippen molar-refractivity contribution in [1.29, 1.82) is 0 Å². The summed E-state index contributed by atoms with van der Waals surface area (Å²) in [6.07, 6.45) is 0. The van der Waals surface area contributed by atoms with Crippen LogP contribution < -0.4 is 16.2 Å². The molecule has 1 N–H and O–H groups in total. The molecule has 4 nitrogen and oxygen atoms in total. The van der Waals surface area contributed by atoms with Crippen molar-refractivity contribution in [2.45, 2.75) is 0 Å². The van der Waals surface area contributed by atoms with Crippen LogP contribution in [0.2, 0.25) is 10.0 Å². The maximum absolute atomic E-state index is 11.5. The van der Waals surface area contributed by atoms with Crippen LogP contribution in [0.5, 0.6) is 0 Å². The van der Waals surface area contributed by atoms with E-state index in [9.17, 15) is 9.59 Å². The van der Waals surface area contributed by atoms with Gasteiger partial charge in [0.15, 0.2) is 5.36 Å². The summed E-state index contributed by atoms with van der Waals surface area (Å²) in [5.41, 5.74) is -1.35. The summed E-state index contributed by atoms with van der Waals surface area (Å²) in [6, 6.07) is 2.68. The van der Waals surface area contributed by atoms with E-state index in [2.05, 4.69) is 5.16 Å². The third kappa shape index (κ3) is 1.33. The molecule has 0 aliphatic carbocycles. The van der Waals surface area contributed by atoms with Crippen LogP contribution in [0.3, 0.4) is 0 Å². The second-order valence-electron chi connectivity index (χ2n) is 2.92. The van der Waals surface area contributed by atoms with E-state index in [1.54, 1.807) is 0 Å². The Morgan fingerprint density at radius 3 is 2.40 bits per heavy atom. The maximum Gasteiger partial charge on any atom is 0.221 e. The molecule has 0 spiro atoms. The van der Waals surface area contributed by atoms with E-state index in [1.807, 2.05) is 0 Å². The molecule has 0 aliphatic heterocycles. The Morgan fingerprint density at radius 2 is 1.80 bits per heavy atom. The van der Waals surface area contributed by atoms with Crippen molar-refractivity contribution < 1.29 is 5.21 Å². The molecule has 2 rings (SSSR count). The molecule has 0 fully saturated rings. The Labute approximate surface area is 92.7 Å². The van der Waals surface area contributed by atoms with E-state index >= 15 is 0 Å². The lowest BCUT2D eigenvalue weighted by atomic mass is 10.2. The minimum atomic E-state index is -0.681. The zero-order valence-corrected chi connectivity index (χ0v) is 8.63. The average molecular weight is 244 g/mol. The molecule has 0 radical (unpaired) electrons. The second kappa shape index (κ2) is 3.32. The fourth-order valence-electron chi connectivity index (χ4n) is 1.42. The van der Waals surface area contributed by atoms with Crippen molar-refractivity contribution in [3.63, 3.8) is 0 Å². The summed E-state index contributed by atoms with van der Waals surface area (Å²) in [7, 11) is 0. The van der Waals surface area contributed by atoms with Crippen molar-refractivity contribution in [3.8, 4) is 0 Å². The van der Waals surface area contributed by atoms with Crippen LogP contribution in [-0.2, 0) is 0 Å². The fourth-order valence-corrected chi connectivity index (χ4v) is 2.00. The Balaban J connectivity index is 3.25. The number of hydrogen-bond acceptors (Lipinski definition) is 4. The maximum atomic E-state index is 11.5. The topological polar surface area (TPSA) is 66.7 Å². The van der Waals surface area contributed by atoms with Crippen molar-refractivity contribution >= 4 is 34.0 Å². The third-order valence-electron chi connectivity index (χ3n) is 2.06. The molecular weight excluding hydrogens is 241 g/mol. The third-order valence-corrected chi connectivity index (χ3v) is 2.57. The van der Waals surface area contributed by atoms with Crippen molar-refractivity contribution in [1.82, 2.24) is 0 Å². The first-order valence-corrected chi connectivity index (χ1v) is 4.62. The molecule has 6 heteroatoms. The zero-order valence-electron chi connectivity index (χ0n) is 7.12. The van der Waals surface area contributed by atoms with Gasteiger partial charge in [0.2, 0.25) is 10.9 Å². The smallest absolute Gasteiger partial charge is 0.221 e. The summed E-state index contributed by atoms with van der Waals surface area (Å²) in [5.74, 6) is 0. The molecule has 15 heavy (non-hydrogen) atoms.